The van der Waals surface area contributed by atoms with E-state index in [0.29, 0.717) is 17.1 Å². The summed E-state index contributed by atoms with van der Waals surface area (Å²) >= 11 is 0. The Morgan fingerprint density at radius 1 is 1.60 bits per heavy atom. The van der Waals surface area contributed by atoms with Gasteiger partial charge in [-0.15, -0.1) is 0 Å². The molecule has 0 atom stereocenters. The van der Waals surface area contributed by atoms with Crippen LogP contribution in [0.3, 0.4) is 0 Å². The Kier molecular flexibility index (Phi) is 3.38. The second-order valence-corrected chi connectivity index (χ2v) is 2.79. The predicted molar refractivity (Wildman–Crippen MR) is 58.7 cm³/mol. The molecule has 0 aliphatic heterocycles. The summed E-state index contributed by atoms with van der Waals surface area (Å²) in [6.45, 7) is 1.94. The lowest BCUT2D eigenvalue weighted by atomic mass is 10.1. The molecule has 0 aromatic carbocycles. The lowest BCUT2D eigenvalue weighted by Gasteiger charge is -2.04. The standard InChI is InChI=1S/C9H10N6/c1-6-7(3-2-4-14-15-12)5-13-9(11)8(6)10/h5H,4,10H2,1H3,(H2,11,13). The Labute approximate surface area is 86.9 Å². The van der Waals surface area contributed by atoms with Crippen molar-refractivity contribution in [1.29, 1.82) is 0 Å². The van der Waals surface area contributed by atoms with Gasteiger partial charge in [-0.2, -0.15) is 0 Å². The van der Waals surface area contributed by atoms with Crippen LogP contribution in [0, 0.1) is 18.8 Å². The SMILES string of the molecule is Cc1c(C#CCN=[N+]=[N-])cnc(N)c1N. The van der Waals surface area contributed by atoms with Gasteiger partial charge in [0.2, 0.25) is 0 Å². The number of aromatic nitrogens is 1. The molecule has 6 heteroatoms. The molecule has 1 rings (SSSR count). The van der Waals surface area contributed by atoms with Gasteiger partial charge in [0, 0.05) is 16.7 Å². The summed E-state index contributed by atoms with van der Waals surface area (Å²) in [7, 11) is 0. The molecule has 0 amide bonds. The predicted octanol–water partition coefficient (Wildman–Crippen LogP) is 1.22. The minimum Gasteiger partial charge on any atom is -0.395 e. The Morgan fingerprint density at radius 2 is 2.33 bits per heavy atom. The van der Waals surface area contributed by atoms with Crippen LogP contribution in [0.25, 0.3) is 10.4 Å². The minimum absolute atomic E-state index is 0.125. The highest BCUT2D eigenvalue weighted by Crippen LogP contribution is 2.19. The highest BCUT2D eigenvalue weighted by Gasteiger charge is 2.03. The first-order valence-corrected chi connectivity index (χ1v) is 4.17. The molecule has 15 heavy (non-hydrogen) atoms. The van der Waals surface area contributed by atoms with E-state index >= 15 is 0 Å². The van der Waals surface area contributed by atoms with E-state index in [1.807, 2.05) is 6.92 Å². The van der Waals surface area contributed by atoms with E-state index in [1.54, 1.807) is 6.20 Å². The van der Waals surface area contributed by atoms with E-state index in [9.17, 15) is 0 Å². The highest BCUT2D eigenvalue weighted by atomic mass is 15.1. The van der Waals surface area contributed by atoms with Gasteiger partial charge < -0.3 is 11.5 Å². The van der Waals surface area contributed by atoms with E-state index < -0.39 is 0 Å². The fraction of sp³-hybridized carbons (Fsp3) is 0.222. The molecule has 0 bridgehead atoms. The molecule has 0 aliphatic carbocycles. The van der Waals surface area contributed by atoms with E-state index in [-0.39, 0.29) is 6.54 Å². The van der Waals surface area contributed by atoms with Crippen molar-refractivity contribution >= 4 is 11.5 Å². The van der Waals surface area contributed by atoms with Crippen LogP contribution in [-0.2, 0) is 0 Å². The Balaban J connectivity index is 2.99. The molecule has 1 aromatic rings. The van der Waals surface area contributed by atoms with Crippen molar-refractivity contribution in [2.24, 2.45) is 5.11 Å². The Morgan fingerprint density at radius 3 is 3.00 bits per heavy atom. The van der Waals surface area contributed by atoms with Gasteiger partial charge in [-0.3, -0.25) is 0 Å². The molecule has 0 unspecified atom stereocenters. The zero-order chi connectivity index (χ0) is 11.3. The van der Waals surface area contributed by atoms with Gasteiger partial charge in [0.15, 0.2) is 0 Å². The normalized spacial score (nSPS) is 8.60. The average molecular weight is 202 g/mol. The molecule has 1 aromatic heterocycles. The third kappa shape index (κ3) is 2.53. The number of pyridine rings is 1. The monoisotopic (exact) mass is 202 g/mol. The quantitative estimate of drug-likeness (QED) is 0.308. The number of rotatable bonds is 1. The molecular weight excluding hydrogens is 192 g/mol. The van der Waals surface area contributed by atoms with Crippen LogP contribution in [0.5, 0.6) is 0 Å². The van der Waals surface area contributed by atoms with Gasteiger partial charge in [0.1, 0.15) is 5.82 Å². The van der Waals surface area contributed by atoms with Crippen molar-refractivity contribution in [1.82, 2.24) is 4.98 Å². The number of nitrogens with two attached hydrogens (primary N) is 2. The van der Waals surface area contributed by atoms with E-state index in [1.165, 1.54) is 0 Å². The lowest BCUT2D eigenvalue weighted by molar-refractivity contribution is 1.24. The van der Waals surface area contributed by atoms with E-state index in [0.717, 1.165) is 5.56 Å². The van der Waals surface area contributed by atoms with Crippen LogP contribution < -0.4 is 11.5 Å². The first-order valence-electron chi connectivity index (χ1n) is 4.17. The van der Waals surface area contributed by atoms with Gasteiger partial charge in [0.25, 0.3) is 0 Å². The van der Waals surface area contributed by atoms with Gasteiger partial charge >= 0.3 is 0 Å². The van der Waals surface area contributed by atoms with Gasteiger partial charge in [0.05, 0.1) is 12.2 Å². The third-order valence-electron chi connectivity index (χ3n) is 1.85. The van der Waals surface area contributed by atoms with Gasteiger partial charge in [-0.05, 0) is 18.0 Å². The molecule has 0 saturated heterocycles. The van der Waals surface area contributed by atoms with Crippen molar-refractivity contribution in [3.05, 3.63) is 27.8 Å². The molecule has 1 heterocycles. The molecule has 0 saturated carbocycles. The molecule has 76 valence electrons. The van der Waals surface area contributed by atoms with Crippen molar-refractivity contribution in [3.63, 3.8) is 0 Å². The van der Waals surface area contributed by atoms with Crippen molar-refractivity contribution in [2.45, 2.75) is 6.92 Å². The second kappa shape index (κ2) is 4.74. The van der Waals surface area contributed by atoms with Crippen LogP contribution in [0.15, 0.2) is 11.3 Å². The molecule has 0 aliphatic rings. The molecule has 0 radical (unpaired) electrons. The van der Waals surface area contributed by atoms with Gasteiger partial charge in [-0.25, -0.2) is 4.98 Å². The topological polar surface area (TPSA) is 114 Å². The third-order valence-corrected chi connectivity index (χ3v) is 1.85. The molecule has 4 N–H and O–H groups in total. The maximum absolute atomic E-state index is 8.04. The first kappa shape index (κ1) is 10.7. The summed E-state index contributed by atoms with van der Waals surface area (Å²) in [5.41, 5.74) is 21.1. The average Bonchev–Trinajstić information content (AvgIpc) is 2.24. The van der Waals surface area contributed by atoms with Crippen molar-refractivity contribution < 1.29 is 0 Å². The van der Waals surface area contributed by atoms with Crippen LogP contribution >= 0.6 is 0 Å². The Bertz CT molecular complexity index is 475. The number of hydrogen-bond acceptors (Lipinski definition) is 4. The molecule has 6 nitrogen and oxygen atoms in total. The summed E-state index contributed by atoms with van der Waals surface area (Å²) in [6.07, 6.45) is 1.55. The van der Waals surface area contributed by atoms with Crippen LogP contribution in [0.1, 0.15) is 11.1 Å². The zero-order valence-corrected chi connectivity index (χ0v) is 8.23. The fourth-order valence-corrected chi connectivity index (χ4v) is 0.965. The Hall–Kier alpha value is -2.38. The summed E-state index contributed by atoms with van der Waals surface area (Å²) in [5, 5.41) is 3.29. The van der Waals surface area contributed by atoms with Crippen molar-refractivity contribution in [3.8, 4) is 11.8 Å². The smallest absolute Gasteiger partial charge is 0.146 e. The summed E-state index contributed by atoms with van der Waals surface area (Å²) in [5.74, 6) is 5.79. The van der Waals surface area contributed by atoms with Crippen LogP contribution in [-0.4, -0.2) is 11.5 Å². The number of azide groups is 1. The number of nitrogen functional groups attached to an aromatic ring is 2. The second-order valence-electron chi connectivity index (χ2n) is 2.79. The van der Waals surface area contributed by atoms with Gasteiger partial charge in [-0.1, -0.05) is 17.0 Å². The number of anilines is 2. The maximum Gasteiger partial charge on any atom is 0.146 e. The molecule has 0 spiro atoms. The first-order chi connectivity index (χ1) is 7.16. The number of nitrogens with zero attached hydrogens (tertiary/aromatic N) is 4. The van der Waals surface area contributed by atoms with Crippen molar-refractivity contribution in [2.75, 3.05) is 18.0 Å². The van der Waals surface area contributed by atoms with Crippen LogP contribution in [0.4, 0.5) is 11.5 Å². The molecular formula is C9H10N6. The zero-order valence-electron chi connectivity index (χ0n) is 8.23. The minimum atomic E-state index is 0.125. The largest absolute Gasteiger partial charge is 0.395 e. The summed E-state index contributed by atoms with van der Waals surface area (Å²) in [6, 6.07) is 0. The van der Waals surface area contributed by atoms with E-state index in [4.69, 9.17) is 17.0 Å². The van der Waals surface area contributed by atoms with E-state index in [2.05, 4.69) is 26.9 Å². The molecule has 0 fully saturated rings. The number of hydrogen-bond donors (Lipinski definition) is 2. The summed E-state index contributed by atoms with van der Waals surface area (Å²) < 4.78 is 0. The summed E-state index contributed by atoms with van der Waals surface area (Å²) in [4.78, 5) is 6.47. The highest BCUT2D eigenvalue weighted by molar-refractivity contribution is 5.66. The maximum atomic E-state index is 8.04. The lowest BCUT2D eigenvalue weighted by Crippen LogP contribution is -2.01. The van der Waals surface area contributed by atoms with Crippen LogP contribution in [0.2, 0.25) is 0 Å². The fourth-order valence-electron chi connectivity index (χ4n) is 0.965.